The summed E-state index contributed by atoms with van der Waals surface area (Å²) in [6.07, 6.45) is 1.81. The summed E-state index contributed by atoms with van der Waals surface area (Å²) in [4.78, 5) is 24.3. The summed E-state index contributed by atoms with van der Waals surface area (Å²) in [5.74, 6) is -0.321. The number of thiophene rings is 1. The molecule has 2 aromatic rings. The summed E-state index contributed by atoms with van der Waals surface area (Å²) < 4.78 is 1.38. The van der Waals surface area contributed by atoms with E-state index in [0.717, 1.165) is 5.75 Å². The first-order valence-electron chi connectivity index (χ1n) is 6.07. The number of carboxylic acid groups (broad SMARTS) is 1. The van der Waals surface area contributed by atoms with Gasteiger partial charge in [-0.3, -0.25) is 4.79 Å². The first kappa shape index (κ1) is 14.0. The van der Waals surface area contributed by atoms with Crippen LogP contribution in [-0.4, -0.2) is 54.2 Å². The van der Waals surface area contributed by atoms with Gasteiger partial charge in [-0.05, 0) is 34.0 Å². The molecule has 3 heterocycles. The molecule has 0 radical (unpaired) electrons. The molecule has 8 nitrogen and oxygen atoms in total. The highest BCUT2D eigenvalue weighted by Gasteiger charge is 2.43. The highest BCUT2D eigenvalue weighted by Crippen LogP contribution is 2.29. The van der Waals surface area contributed by atoms with Gasteiger partial charge in [-0.25, -0.2) is 4.79 Å². The third-order valence-corrected chi connectivity index (χ3v) is 5.32. The van der Waals surface area contributed by atoms with Gasteiger partial charge < -0.3 is 10.4 Å². The number of thioether (sulfide) groups is 1. The van der Waals surface area contributed by atoms with Crippen LogP contribution in [0.1, 0.15) is 16.1 Å². The molecule has 2 N–H and O–H groups in total. The van der Waals surface area contributed by atoms with Crippen LogP contribution in [0.3, 0.4) is 0 Å². The van der Waals surface area contributed by atoms with E-state index >= 15 is 0 Å². The molecular formula is C11H11N5O3S2. The van der Waals surface area contributed by atoms with Gasteiger partial charge >= 0.3 is 5.97 Å². The summed E-state index contributed by atoms with van der Waals surface area (Å²) in [6, 6.07) is 1.72. The average molecular weight is 325 g/mol. The fourth-order valence-electron chi connectivity index (χ4n) is 2.08. The van der Waals surface area contributed by atoms with Crippen molar-refractivity contribution < 1.29 is 14.7 Å². The van der Waals surface area contributed by atoms with Gasteiger partial charge in [0.25, 0.3) is 5.91 Å². The number of nitrogens with zero attached hydrogens (tertiary/aromatic N) is 4. The van der Waals surface area contributed by atoms with Crippen molar-refractivity contribution in [2.24, 2.45) is 0 Å². The van der Waals surface area contributed by atoms with Crippen molar-refractivity contribution in [1.29, 1.82) is 0 Å². The Morgan fingerprint density at radius 3 is 2.95 bits per heavy atom. The van der Waals surface area contributed by atoms with Gasteiger partial charge in [-0.1, -0.05) is 0 Å². The summed E-state index contributed by atoms with van der Waals surface area (Å²) in [6.45, 7) is 0. The van der Waals surface area contributed by atoms with Crippen LogP contribution in [0.5, 0.6) is 0 Å². The summed E-state index contributed by atoms with van der Waals surface area (Å²) in [5, 5.41) is 24.6. The Morgan fingerprint density at radius 2 is 2.33 bits per heavy atom. The molecule has 21 heavy (non-hydrogen) atoms. The third kappa shape index (κ3) is 2.51. The van der Waals surface area contributed by atoms with E-state index in [0.29, 0.717) is 22.7 Å². The minimum absolute atomic E-state index is 0.375. The molecule has 1 aliphatic rings. The fraction of sp³-hybridized carbons (Fsp3) is 0.364. The van der Waals surface area contributed by atoms with E-state index in [9.17, 15) is 14.7 Å². The maximum Gasteiger partial charge on any atom is 0.330 e. The summed E-state index contributed by atoms with van der Waals surface area (Å²) in [5.41, 5.74) is -0.655. The number of carbonyl (C=O) groups is 2. The molecular weight excluding hydrogens is 314 g/mol. The van der Waals surface area contributed by atoms with Gasteiger partial charge in [-0.15, -0.1) is 16.4 Å². The summed E-state index contributed by atoms with van der Waals surface area (Å²) in [7, 11) is 0. The van der Waals surface area contributed by atoms with Crippen molar-refractivity contribution in [1.82, 2.24) is 25.5 Å². The molecule has 2 aromatic heterocycles. The normalized spacial score (nSPS) is 21.3. The molecule has 3 rings (SSSR count). The number of amides is 1. The standard InChI is InChI=1S/C11H11N5O3S2/c17-9(13-11(10(18)19)2-4-20-5-11)8-7(1-3-21-8)16-6-12-14-15-16/h1,3,6H,2,4-5H2,(H,13,17)(H,18,19). The fourth-order valence-corrected chi connectivity index (χ4v) is 4.18. The van der Waals surface area contributed by atoms with Crippen LogP contribution in [0.2, 0.25) is 0 Å². The molecule has 1 amide bonds. The topological polar surface area (TPSA) is 110 Å². The highest BCUT2D eigenvalue weighted by atomic mass is 32.2. The molecule has 1 unspecified atom stereocenters. The Balaban J connectivity index is 1.87. The third-order valence-electron chi connectivity index (χ3n) is 3.23. The number of rotatable bonds is 4. The molecule has 1 fully saturated rings. The van der Waals surface area contributed by atoms with Gasteiger partial charge in [0.1, 0.15) is 16.7 Å². The van der Waals surface area contributed by atoms with Crippen molar-refractivity contribution in [3.05, 3.63) is 22.7 Å². The molecule has 0 saturated carbocycles. The first-order valence-corrected chi connectivity index (χ1v) is 8.10. The zero-order valence-corrected chi connectivity index (χ0v) is 12.4. The molecule has 0 aliphatic carbocycles. The Morgan fingerprint density at radius 1 is 1.48 bits per heavy atom. The van der Waals surface area contributed by atoms with Gasteiger partial charge in [0, 0.05) is 5.75 Å². The number of nitrogens with one attached hydrogen (secondary N) is 1. The number of hydrogen-bond acceptors (Lipinski definition) is 7. The van der Waals surface area contributed by atoms with Crippen LogP contribution in [-0.2, 0) is 4.79 Å². The lowest BCUT2D eigenvalue weighted by Gasteiger charge is -2.24. The Bertz CT molecular complexity index is 663. The molecule has 10 heteroatoms. The maximum absolute atomic E-state index is 12.4. The molecule has 110 valence electrons. The van der Waals surface area contributed by atoms with Crippen LogP contribution in [0.25, 0.3) is 5.69 Å². The van der Waals surface area contributed by atoms with Crippen molar-refractivity contribution in [3.8, 4) is 5.69 Å². The number of hydrogen-bond donors (Lipinski definition) is 2. The van der Waals surface area contributed by atoms with E-state index in [1.54, 1.807) is 11.4 Å². The number of carbonyl (C=O) groups excluding carboxylic acids is 1. The van der Waals surface area contributed by atoms with E-state index < -0.39 is 17.4 Å². The van der Waals surface area contributed by atoms with Crippen molar-refractivity contribution in [2.75, 3.05) is 11.5 Å². The highest BCUT2D eigenvalue weighted by molar-refractivity contribution is 7.99. The second-order valence-electron chi connectivity index (χ2n) is 4.53. The van der Waals surface area contributed by atoms with E-state index in [4.69, 9.17) is 0 Å². The van der Waals surface area contributed by atoms with E-state index in [1.165, 1.54) is 34.1 Å². The Hall–Kier alpha value is -1.94. The lowest BCUT2D eigenvalue weighted by Crippen LogP contribution is -2.54. The second-order valence-corrected chi connectivity index (χ2v) is 6.55. The number of tetrazole rings is 1. The number of carboxylic acids is 1. The monoisotopic (exact) mass is 325 g/mol. The van der Waals surface area contributed by atoms with Gasteiger partial charge in [-0.2, -0.15) is 16.4 Å². The largest absolute Gasteiger partial charge is 0.479 e. The lowest BCUT2D eigenvalue weighted by atomic mass is 9.99. The van der Waals surface area contributed by atoms with Crippen molar-refractivity contribution in [2.45, 2.75) is 12.0 Å². The van der Waals surface area contributed by atoms with Gasteiger partial charge in [0.2, 0.25) is 0 Å². The van der Waals surface area contributed by atoms with E-state index in [2.05, 4.69) is 20.8 Å². The quantitative estimate of drug-likeness (QED) is 0.838. The predicted octanol–water partition coefficient (Wildman–Crippen LogP) is 0.414. The number of aromatic nitrogens is 4. The minimum atomic E-state index is -1.19. The van der Waals surface area contributed by atoms with E-state index in [-0.39, 0.29) is 0 Å². The minimum Gasteiger partial charge on any atom is -0.479 e. The molecule has 0 spiro atoms. The molecule has 1 saturated heterocycles. The van der Waals surface area contributed by atoms with Crippen LogP contribution in [0.4, 0.5) is 0 Å². The summed E-state index contributed by atoms with van der Waals surface area (Å²) >= 11 is 2.74. The van der Waals surface area contributed by atoms with Crippen molar-refractivity contribution in [3.63, 3.8) is 0 Å². The smallest absolute Gasteiger partial charge is 0.330 e. The second kappa shape index (κ2) is 5.45. The Kier molecular flexibility index (Phi) is 3.64. The van der Waals surface area contributed by atoms with Crippen molar-refractivity contribution >= 4 is 35.0 Å². The SMILES string of the molecule is O=C(NC1(C(=O)O)CCSC1)c1sccc1-n1cnnn1. The average Bonchev–Trinajstić information content (AvgIpc) is 3.19. The zero-order chi connectivity index (χ0) is 14.9. The molecule has 1 aliphatic heterocycles. The van der Waals surface area contributed by atoms with Crippen LogP contribution < -0.4 is 5.32 Å². The van der Waals surface area contributed by atoms with Gasteiger partial charge in [0.15, 0.2) is 0 Å². The molecule has 0 bridgehead atoms. The van der Waals surface area contributed by atoms with Crippen LogP contribution in [0.15, 0.2) is 17.8 Å². The van der Waals surface area contributed by atoms with E-state index in [1.807, 2.05) is 0 Å². The lowest BCUT2D eigenvalue weighted by molar-refractivity contribution is -0.143. The van der Waals surface area contributed by atoms with Gasteiger partial charge in [0.05, 0.1) is 5.69 Å². The predicted molar refractivity (Wildman–Crippen MR) is 76.8 cm³/mol. The molecule has 0 aromatic carbocycles. The Labute approximate surface area is 127 Å². The van der Waals surface area contributed by atoms with Crippen LogP contribution >= 0.6 is 23.1 Å². The first-order chi connectivity index (χ1) is 10.1. The molecule has 1 atom stereocenters. The number of aliphatic carboxylic acids is 1. The maximum atomic E-state index is 12.4. The zero-order valence-electron chi connectivity index (χ0n) is 10.7. The van der Waals surface area contributed by atoms with Crippen LogP contribution in [0, 0.1) is 0 Å².